The topological polar surface area (TPSA) is 51.0 Å². The Bertz CT molecular complexity index is 623. The van der Waals surface area contributed by atoms with Crippen molar-refractivity contribution in [3.05, 3.63) is 41.7 Å². The van der Waals surface area contributed by atoms with E-state index in [0.717, 1.165) is 36.9 Å². The highest BCUT2D eigenvalue weighted by atomic mass is 32.2. The van der Waals surface area contributed by atoms with Crippen LogP contribution in [0.15, 0.2) is 35.5 Å². The summed E-state index contributed by atoms with van der Waals surface area (Å²) in [4.78, 5) is 13.9. The van der Waals surface area contributed by atoms with Crippen LogP contribution < -0.4 is 0 Å². The minimum atomic E-state index is 0.147. The number of nitrogens with zero attached hydrogens (tertiary/aromatic N) is 4. The third-order valence-electron chi connectivity index (χ3n) is 3.85. The van der Waals surface area contributed by atoms with Crippen molar-refractivity contribution in [3.63, 3.8) is 0 Å². The Morgan fingerprint density at radius 2 is 1.83 bits per heavy atom. The van der Waals surface area contributed by atoms with Crippen molar-refractivity contribution < 1.29 is 4.79 Å². The van der Waals surface area contributed by atoms with E-state index in [-0.39, 0.29) is 5.91 Å². The highest BCUT2D eigenvalue weighted by Gasteiger charge is 2.14. The number of benzene rings is 1. The fraction of sp³-hybridized carbons (Fsp3) is 0.471. The van der Waals surface area contributed by atoms with Crippen molar-refractivity contribution in [2.45, 2.75) is 31.8 Å². The van der Waals surface area contributed by atoms with Crippen LogP contribution in [0.4, 0.5) is 0 Å². The second-order valence-corrected chi connectivity index (χ2v) is 6.24. The minimum Gasteiger partial charge on any atom is -0.343 e. The quantitative estimate of drug-likeness (QED) is 0.697. The van der Waals surface area contributed by atoms with Crippen molar-refractivity contribution in [1.29, 1.82) is 0 Å². The molecule has 6 heteroatoms. The molecule has 23 heavy (non-hydrogen) atoms. The van der Waals surface area contributed by atoms with Crippen molar-refractivity contribution in [2.24, 2.45) is 7.05 Å². The van der Waals surface area contributed by atoms with Crippen LogP contribution in [0.1, 0.15) is 25.2 Å². The summed E-state index contributed by atoms with van der Waals surface area (Å²) in [6, 6.07) is 10.4. The summed E-state index contributed by atoms with van der Waals surface area (Å²) in [5.41, 5.74) is 1.29. The van der Waals surface area contributed by atoms with Crippen LogP contribution in [-0.4, -0.2) is 44.4 Å². The SMILES string of the molecule is CCN(CC)C(=O)CSc1nnc(CCc2ccccc2)n1C. The molecule has 0 fully saturated rings. The second-order valence-electron chi connectivity index (χ2n) is 5.30. The Labute approximate surface area is 142 Å². The van der Waals surface area contributed by atoms with Gasteiger partial charge in [0.25, 0.3) is 0 Å². The maximum absolute atomic E-state index is 12.1. The average Bonchev–Trinajstić information content (AvgIpc) is 2.93. The molecule has 0 N–H and O–H groups in total. The van der Waals surface area contributed by atoms with Gasteiger partial charge in [-0.1, -0.05) is 42.1 Å². The summed E-state index contributed by atoms with van der Waals surface area (Å²) in [7, 11) is 1.96. The summed E-state index contributed by atoms with van der Waals surface area (Å²) in [5.74, 6) is 1.51. The molecule has 1 amide bonds. The van der Waals surface area contributed by atoms with E-state index in [9.17, 15) is 4.79 Å². The Morgan fingerprint density at radius 1 is 1.13 bits per heavy atom. The van der Waals surface area contributed by atoms with Crippen molar-refractivity contribution >= 4 is 17.7 Å². The summed E-state index contributed by atoms with van der Waals surface area (Å²) in [5, 5.41) is 9.28. The summed E-state index contributed by atoms with van der Waals surface area (Å²) >= 11 is 1.45. The van der Waals surface area contributed by atoms with Gasteiger partial charge in [0, 0.05) is 26.6 Å². The Balaban J connectivity index is 1.90. The predicted molar refractivity (Wildman–Crippen MR) is 93.5 cm³/mol. The molecule has 1 aromatic heterocycles. The summed E-state index contributed by atoms with van der Waals surface area (Å²) in [6.45, 7) is 5.49. The molecule has 124 valence electrons. The van der Waals surface area contributed by atoms with Gasteiger partial charge in [0.05, 0.1) is 5.75 Å². The zero-order valence-electron chi connectivity index (χ0n) is 14.0. The van der Waals surface area contributed by atoms with Crippen molar-refractivity contribution in [3.8, 4) is 0 Å². The van der Waals surface area contributed by atoms with Crippen LogP contribution in [0.25, 0.3) is 0 Å². The van der Waals surface area contributed by atoms with Gasteiger partial charge < -0.3 is 9.47 Å². The van der Waals surface area contributed by atoms with E-state index in [1.165, 1.54) is 17.3 Å². The molecule has 1 aromatic carbocycles. The monoisotopic (exact) mass is 332 g/mol. The second kappa shape index (κ2) is 8.72. The standard InChI is InChI=1S/C17H24N4OS/c1-4-21(5-2)16(22)13-23-17-19-18-15(20(17)3)12-11-14-9-7-6-8-10-14/h6-10H,4-5,11-13H2,1-3H3. The van der Waals surface area contributed by atoms with E-state index in [1.807, 2.05) is 48.6 Å². The molecule has 2 aromatic rings. The number of hydrogen-bond acceptors (Lipinski definition) is 4. The maximum atomic E-state index is 12.1. The zero-order chi connectivity index (χ0) is 16.7. The van der Waals surface area contributed by atoms with Crippen LogP contribution in [0.2, 0.25) is 0 Å². The van der Waals surface area contributed by atoms with Crippen molar-refractivity contribution in [2.75, 3.05) is 18.8 Å². The van der Waals surface area contributed by atoms with Gasteiger partial charge in [0.1, 0.15) is 5.82 Å². The molecule has 0 aliphatic carbocycles. The lowest BCUT2D eigenvalue weighted by molar-refractivity contribution is -0.127. The molecule has 0 radical (unpaired) electrons. The molecule has 1 heterocycles. The van der Waals surface area contributed by atoms with E-state index in [0.29, 0.717) is 5.75 Å². The van der Waals surface area contributed by atoms with Gasteiger partial charge in [0.15, 0.2) is 5.16 Å². The molecule has 0 aliphatic heterocycles. The third-order valence-corrected chi connectivity index (χ3v) is 4.85. The van der Waals surface area contributed by atoms with Gasteiger partial charge in [-0.15, -0.1) is 10.2 Å². The molecular weight excluding hydrogens is 308 g/mol. The first-order chi connectivity index (χ1) is 11.2. The average molecular weight is 332 g/mol. The molecule has 0 bridgehead atoms. The molecule has 2 rings (SSSR count). The number of amides is 1. The van der Waals surface area contributed by atoms with Gasteiger partial charge in [-0.2, -0.15) is 0 Å². The van der Waals surface area contributed by atoms with Gasteiger partial charge >= 0.3 is 0 Å². The molecule has 5 nitrogen and oxygen atoms in total. The first kappa shape index (κ1) is 17.5. The molecule has 0 saturated heterocycles. The third kappa shape index (κ3) is 4.82. The number of rotatable bonds is 8. The van der Waals surface area contributed by atoms with Crippen LogP contribution in [0.3, 0.4) is 0 Å². The van der Waals surface area contributed by atoms with Gasteiger partial charge in [-0.05, 0) is 25.8 Å². The highest BCUT2D eigenvalue weighted by molar-refractivity contribution is 7.99. The Hall–Kier alpha value is -1.82. The van der Waals surface area contributed by atoms with E-state index in [1.54, 1.807) is 0 Å². The van der Waals surface area contributed by atoms with Gasteiger partial charge in [-0.3, -0.25) is 4.79 Å². The lowest BCUT2D eigenvalue weighted by atomic mass is 10.1. The van der Waals surface area contributed by atoms with E-state index >= 15 is 0 Å². The molecule has 0 atom stereocenters. The lowest BCUT2D eigenvalue weighted by Gasteiger charge is -2.17. The summed E-state index contributed by atoms with van der Waals surface area (Å²) < 4.78 is 1.99. The Kier molecular flexibility index (Phi) is 6.65. The number of hydrogen-bond donors (Lipinski definition) is 0. The minimum absolute atomic E-state index is 0.147. The first-order valence-corrected chi connectivity index (χ1v) is 8.97. The first-order valence-electron chi connectivity index (χ1n) is 7.98. The van der Waals surface area contributed by atoms with Gasteiger partial charge in [0.2, 0.25) is 5.91 Å². The Morgan fingerprint density at radius 3 is 2.48 bits per heavy atom. The molecule has 0 unspecified atom stereocenters. The van der Waals surface area contributed by atoms with Crippen LogP contribution >= 0.6 is 11.8 Å². The smallest absolute Gasteiger partial charge is 0.233 e. The fourth-order valence-corrected chi connectivity index (χ4v) is 3.22. The normalized spacial score (nSPS) is 10.7. The zero-order valence-corrected chi connectivity index (χ0v) is 14.8. The number of aryl methyl sites for hydroxylation is 2. The highest BCUT2D eigenvalue weighted by Crippen LogP contribution is 2.17. The fourth-order valence-electron chi connectivity index (χ4n) is 2.38. The molecule has 0 aliphatic rings. The number of carbonyl (C=O) groups excluding carboxylic acids is 1. The lowest BCUT2D eigenvalue weighted by Crippen LogP contribution is -2.31. The predicted octanol–water partition coefficient (Wildman–Crippen LogP) is 2.56. The number of thioether (sulfide) groups is 1. The van der Waals surface area contributed by atoms with Gasteiger partial charge in [-0.25, -0.2) is 0 Å². The van der Waals surface area contributed by atoms with Crippen LogP contribution in [0, 0.1) is 0 Å². The van der Waals surface area contributed by atoms with Crippen LogP contribution in [0.5, 0.6) is 0 Å². The molecular formula is C17H24N4OS. The maximum Gasteiger partial charge on any atom is 0.233 e. The summed E-state index contributed by atoms with van der Waals surface area (Å²) in [6.07, 6.45) is 1.79. The number of carbonyl (C=O) groups is 1. The van der Waals surface area contributed by atoms with Crippen LogP contribution in [-0.2, 0) is 24.7 Å². The number of aromatic nitrogens is 3. The largest absolute Gasteiger partial charge is 0.343 e. The van der Waals surface area contributed by atoms with E-state index < -0.39 is 0 Å². The molecule has 0 saturated carbocycles. The van der Waals surface area contributed by atoms with E-state index in [2.05, 4.69) is 22.3 Å². The van der Waals surface area contributed by atoms with Crippen molar-refractivity contribution in [1.82, 2.24) is 19.7 Å². The van der Waals surface area contributed by atoms with E-state index in [4.69, 9.17) is 0 Å². The molecule has 0 spiro atoms.